The van der Waals surface area contributed by atoms with E-state index in [9.17, 15) is 4.57 Å². The third-order valence-electron chi connectivity index (χ3n) is 0.106. The summed E-state index contributed by atoms with van der Waals surface area (Å²) in [4.78, 5) is 14.9. The van der Waals surface area contributed by atoms with E-state index >= 15 is 0 Å². The number of hydrogen-bond acceptors (Lipinski definition) is 3. The van der Waals surface area contributed by atoms with Crippen molar-refractivity contribution in [2.24, 2.45) is 0 Å². The molecule has 0 aliphatic carbocycles. The summed E-state index contributed by atoms with van der Waals surface area (Å²) in [5.41, 5.74) is 0. The van der Waals surface area contributed by atoms with Crippen molar-refractivity contribution in [3.05, 3.63) is 0 Å². The Morgan fingerprint density at radius 3 is 1.57 bits per heavy atom. The summed E-state index contributed by atoms with van der Waals surface area (Å²) in [6.07, 6.45) is 0. The molecule has 7 heteroatoms. The molecular formula is H3NiO5P. The zero-order valence-corrected chi connectivity index (χ0v) is 4.80. The minimum Gasteiger partial charge on any atom is -0.301 e. The Hall–Kier alpha value is 0.564. The molecule has 0 rings (SSSR count). The van der Waals surface area contributed by atoms with Crippen LogP contribution in [0, 0.1) is 0 Å². The predicted molar refractivity (Wildman–Crippen MR) is 15.8 cm³/mol. The standard InChI is InChI=1S/Ni.H3O5P/c;1-5-6(2,3)4/h;1H,(H2,2,3,4). The van der Waals surface area contributed by atoms with E-state index in [1.165, 1.54) is 0 Å². The normalized spacial score (nSPS) is 10.1. The average Bonchev–Trinajstić information content (AvgIpc) is 1.35. The molecule has 0 spiro atoms. The van der Waals surface area contributed by atoms with Gasteiger partial charge in [-0.1, -0.05) is 0 Å². The zero-order chi connectivity index (χ0) is 5.21. The third kappa shape index (κ3) is 10.8. The van der Waals surface area contributed by atoms with Gasteiger partial charge in [0.25, 0.3) is 0 Å². The molecular weight excluding hydrogens is 170 g/mol. The third-order valence-corrected chi connectivity index (χ3v) is 0.319. The van der Waals surface area contributed by atoms with Crippen LogP contribution in [0.3, 0.4) is 0 Å². The van der Waals surface area contributed by atoms with Crippen molar-refractivity contribution in [1.82, 2.24) is 0 Å². The van der Waals surface area contributed by atoms with Crippen molar-refractivity contribution in [3.63, 3.8) is 0 Å². The molecule has 0 aliphatic rings. The van der Waals surface area contributed by atoms with Crippen molar-refractivity contribution >= 4 is 7.82 Å². The molecule has 0 saturated heterocycles. The fraction of sp³-hybridized carbons (Fsp3) is 0. The van der Waals surface area contributed by atoms with Gasteiger partial charge >= 0.3 is 7.82 Å². The smallest absolute Gasteiger partial charge is 0.301 e. The molecule has 0 heterocycles. The van der Waals surface area contributed by atoms with Gasteiger partial charge in [0, 0.05) is 16.5 Å². The maximum Gasteiger partial charge on any atom is 0.496 e. The molecule has 0 fully saturated rings. The van der Waals surface area contributed by atoms with Crippen LogP contribution in [-0.2, 0) is 25.7 Å². The molecule has 0 bridgehead atoms. The van der Waals surface area contributed by atoms with E-state index in [0.717, 1.165) is 0 Å². The van der Waals surface area contributed by atoms with Crippen molar-refractivity contribution in [3.8, 4) is 0 Å². The van der Waals surface area contributed by atoms with E-state index in [1.54, 1.807) is 0 Å². The molecule has 0 atom stereocenters. The molecule has 0 aromatic rings. The molecule has 48 valence electrons. The van der Waals surface area contributed by atoms with Crippen LogP contribution in [0.4, 0.5) is 0 Å². The van der Waals surface area contributed by atoms with Crippen molar-refractivity contribution in [2.75, 3.05) is 0 Å². The minimum absolute atomic E-state index is 0. The molecule has 0 aromatic carbocycles. The fourth-order valence-electron chi connectivity index (χ4n) is 0. The maximum atomic E-state index is 9.22. The molecule has 0 unspecified atom stereocenters. The van der Waals surface area contributed by atoms with Crippen molar-refractivity contribution in [2.45, 2.75) is 0 Å². The molecule has 0 aromatic heterocycles. The summed E-state index contributed by atoms with van der Waals surface area (Å²) < 4.78 is 11.8. The van der Waals surface area contributed by atoms with Crippen LogP contribution in [0.2, 0.25) is 0 Å². The molecule has 7 heavy (non-hydrogen) atoms. The van der Waals surface area contributed by atoms with Gasteiger partial charge in [0.05, 0.1) is 0 Å². The Morgan fingerprint density at radius 1 is 1.43 bits per heavy atom. The van der Waals surface area contributed by atoms with E-state index in [4.69, 9.17) is 15.0 Å². The summed E-state index contributed by atoms with van der Waals surface area (Å²) in [6, 6.07) is 0. The minimum atomic E-state index is -4.59. The summed E-state index contributed by atoms with van der Waals surface area (Å²) >= 11 is 0. The van der Waals surface area contributed by atoms with Gasteiger partial charge in [-0.2, -0.15) is 0 Å². The summed E-state index contributed by atoms with van der Waals surface area (Å²) in [5, 5.41) is 7.14. The molecule has 0 saturated carbocycles. The van der Waals surface area contributed by atoms with Gasteiger partial charge in [0.2, 0.25) is 0 Å². The van der Waals surface area contributed by atoms with Gasteiger partial charge in [-0.15, -0.1) is 4.67 Å². The average molecular weight is 173 g/mol. The second-order valence-corrected chi connectivity index (χ2v) is 1.72. The van der Waals surface area contributed by atoms with E-state index in [0.29, 0.717) is 0 Å². The first-order chi connectivity index (χ1) is 2.56. The van der Waals surface area contributed by atoms with Crippen LogP contribution in [0.1, 0.15) is 0 Å². The summed E-state index contributed by atoms with van der Waals surface area (Å²) in [5.74, 6) is 0. The summed E-state index contributed by atoms with van der Waals surface area (Å²) in [7, 11) is -4.59. The van der Waals surface area contributed by atoms with Crippen LogP contribution in [0.25, 0.3) is 0 Å². The van der Waals surface area contributed by atoms with Gasteiger partial charge in [-0.3, -0.25) is 0 Å². The molecule has 0 aliphatic heterocycles. The van der Waals surface area contributed by atoms with Crippen LogP contribution in [0.15, 0.2) is 0 Å². The predicted octanol–water partition coefficient (Wildman–Crippen LogP) is -0.434. The van der Waals surface area contributed by atoms with Crippen LogP contribution < -0.4 is 0 Å². The first-order valence-electron chi connectivity index (χ1n) is 0.948. The number of rotatable bonds is 1. The first-order valence-corrected chi connectivity index (χ1v) is 2.48. The second-order valence-electron chi connectivity index (χ2n) is 0.572. The Kier molecular flexibility index (Phi) is 5.34. The molecule has 0 amide bonds. The Labute approximate surface area is 49.4 Å². The molecule has 5 nitrogen and oxygen atoms in total. The van der Waals surface area contributed by atoms with Crippen LogP contribution in [0.5, 0.6) is 0 Å². The summed E-state index contributed by atoms with van der Waals surface area (Å²) in [6.45, 7) is 0. The first kappa shape index (κ1) is 10.5. The van der Waals surface area contributed by atoms with E-state index in [2.05, 4.69) is 4.67 Å². The second kappa shape index (κ2) is 3.55. The maximum absolute atomic E-state index is 9.22. The van der Waals surface area contributed by atoms with Gasteiger partial charge in [0.1, 0.15) is 0 Å². The van der Waals surface area contributed by atoms with Crippen molar-refractivity contribution < 1.29 is 40.8 Å². The topological polar surface area (TPSA) is 87.0 Å². The Balaban J connectivity index is 0. The Morgan fingerprint density at radius 2 is 1.57 bits per heavy atom. The van der Waals surface area contributed by atoms with Gasteiger partial charge in [-0.25, -0.2) is 9.82 Å². The van der Waals surface area contributed by atoms with Crippen LogP contribution >= 0.6 is 7.82 Å². The quantitative estimate of drug-likeness (QED) is 0.216. The zero-order valence-electron chi connectivity index (χ0n) is 2.92. The van der Waals surface area contributed by atoms with E-state index in [1.807, 2.05) is 0 Å². The van der Waals surface area contributed by atoms with E-state index in [-0.39, 0.29) is 16.5 Å². The van der Waals surface area contributed by atoms with Crippen molar-refractivity contribution in [1.29, 1.82) is 0 Å². The number of phosphoric acid groups is 1. The number of hydrogen-bond donors (Lipinski definition) is 3. The van der Waals surface area contributed by atoms with E-state index < -0.39 is 7.82 Å². The molecule has 0 radical (unpaired) electrons. The fourth-order valence-corrected chi connectivity index (χ4v) is 0. The SMILES string of the molecule is O=P(O)(O)OO.[Ni]. The molecule has 3 N–H and O–H groups in total. The monoisotopic (exact) mass is 172 g/mol. The Bertz CT molecular complexity index is 72.1. The largest absolute Gasteiger partial charge is 0.496 e. The van der Waals surface area contributed by atoms with Crippen LogP contribution in [-0.4, -0.2) is 15.0 Å². The van der Waals surface area contributed by atoms with Gasteiger partial charge < -0.3 is 9.79 Å². The van der Waals surface area contributed by atoms with Gasteiger partial charge in [0.15, 0.2) is 0 Å². The van der Waals surface area contributed by atoms with Gasteiger partial charge in [-0.05, 0) is 0 Å².